The second-order valence-corrected chi connectivity index (χ2v) is 5.12. The minimum Gasteiger partial charge on any atom is -0.368 e. The minimum atomic E-state index is -5.43. The first-order valence-corrected chi connectivity index (χ1v) is 6.61. The molecule has 24 heavy (non-hydrogen) atoms. The van der Waals surface area contributed by atoms with Crippen molar-refractivity contribution < 1.29 is 23.1 Å². The molecule has 0 aromatic carbocycles. The largest absolute Gasteiger partial charge is 0.431 e. The lowest BCUT2D eigenvalue weighted by atomic mass is 9.97. The molecule has 0 saturated heterocycles. The summed E-state index contributed by atoms with van der Waals surface area (Å²) in [5, 5.41) is 11.6. The van der Waals surface area contributed by atoms with Crippen molar-refractivity contribution in [2.75, 3.05) is 5.32 Å². The second-order valence-electron chi connectivity index (χ2n) is 5.12. The molecule has 3 rings (SSSR count). The number of amides is 1. The number of aromatic nitrogens is 4. The molecule has 0 spiro atoms. The molecule has 2 aromatic heterocycles. The number of hydrogen-bond acceptors (Lipinski definition) is 5. The number of rotatable bonds is 3. The molecule has 0 bridgehead atoms. The lowest BCUT2D eigenvalue weighted by Gasteiger charge is -2.22. The standard InChI is InChI=1S/C12H10F3N5O4/c13-12(14,15)11(24)6-7(18-9(11)22)20(10(23)19-8(6)21)2-1-5-3-16-4-17-5/h3-4,24H,1-2H2,(H,16,17)(H,18,22)(H,19,21,23). The molecule has 3 heterocycles. The summed E-state index contributed by atoms with van der Waals surface area (Å²) in [5.41, 5.74) is -7.17. The highest BCUT2D eigenvalue weighted by Crippen LogP contribution is 2.44. The number of hydrogen-bond donors (Lipinski definition) is 4. The Balaban J connectivity index is 2.14. The number of anilines is 1. The van der Waals surface area contributed by atoms with Crippen molar-refractivity contribution in [1.29, 1.82) is 0 Å². The Hall–Kier alpha value is -2.89. The van der Waals surface area contributed by atoms with Gasteiger partial charge in [-0.3, -0.25) is 19.1 Å². The molecule has 0 aliphatic carbocycles. The molecule has 4 N–H and O–H groups in total. The highest BCUT2D eigenvalue weighted by atomic mass is 19.4. The molecule has 1 unspecified atom stereocenters. The zero-order chi connectivity index (χ0) is 17.7. The summed E-state index contributed by atoms with van der Waals surface area (Å²) in [4.78, 5) is 43.5. The Kier molecular flexibility index (Phi) is 3.37. The number of imidazole rings is 1. The summed E-state index contributed by atoms with van der Waals surface area (Å²) in [6, 6.07) is 0. The van der Waals surface area contributed by atoms with E-state index in [1.165, 1.54) is 12.5 Å². The van der Waals surface area contributed by atoms with E-state index in [0.29, 0.717) is 5.69 Å². The summed E-state index contributed by atoms with van der Waals surface area (Å²) in [6.07, 6.45) is -2.44. The van der Waals surface area contributed by atoms with Crippen LogP contribution >= 0.6 is 0 Å². The van der Waals surface area contributed by atoms with Crippen LogP contribution in [0.5, 0.6) is 0 Å². The van der Waals surface area contributed by atoms with Crippen molar-refractivity contribution >= 4 is 11.7 Å². The number of halogens is 3. The topological polar surface area (TPSA) is 133 Å². The van der Waals surface area contributed by atoms with Gasteiger partial charge >= 0.3 is 11.9 Å². The van der Waals surface area contributed by atoms with Crippen molar-refractivity contribution in [1.82, 2.24) is 19.5 Å². The van der Waals surface area contributed by atoms with Crippen LogP contribution in [0, 0.1) is 0 Å². The summed E-state index contributed by atoms with van der Waals surface area (Å²) in [7, 11) is 0. The first kappa shape index (κ1) is 16.0. The molecule has 128 valence electrons. The van der Waals surface area contributed by atoms with E-state index in [1.807, 2.05) is 0 Å². The Labute approximate surface area is 130 Å². The van der Waals surface area contributed by atoms with Crippen LogP contribution in [-0.2, 0) is 23.4 Å². The van der Waals surface area contributed by atoms with Gasteiger partial charge in [-0.15, -0.1) is 0 Å². The van der Waals surface area contributed by atoms with Crippen LogP contribution in [0.2, 0.25) is 0 Å². The molecule has 2 aromatic rings. The summed E-state index contributed by atoms with van der Waals surface area (Å²) in [5.74, 6) is -2.51. The second kappa shape index (κ2) is 5.06. The molecule has 9 nitrogen and oxygen atoms in total. The highest BCUT2D eigenvalue weighted by molar-refractivity contribution is 6.04. The van der Waals surface area contributed by atoms with Crippen molar-refractivity contribution in [3.8, 4) is 0 Å². The number of nitrogens with one attached hydrogen (secondary N) is 3. The normalized spacial score (nSPS) is 20.1. The fraction of sp³-hybridized carbons (Fsp3) is 0.333. The quantitative estimate of drug-likeness (QED) is 0.578. The average Bonchev–Trinajstić information content (AvgIpc) is 3.06. The SMILES string of the molecule is O=C1Nc2c(c(=O)[nH]c(=O)n2CCc2cnc[nH]2)C1(O)C(F)(F)F. The van der Waals surface area contributed by atoms with Crippen molar-refractivity contribution in [2.24, 2.45) is 0 Å². The van der Waals surface area contributed by atoms with Gasteiger partial charge in [0, 0.05) is 24.9 Å². The van der Waals surface area contributed by atoms with E-state index in [2.05, 4.69) is 9.97 Å². The number of fused-ring (bicyclic) bond motifs is 1. The zero-order valence-electron chi connectivity index (χ0n) is 11.8. The minimum absolute atomic E-state index is 0.158. The number of nitrogens with zero attached hydrogens (tertiary/aromatic N) is 2. The highest BCUT2D eigenvalue weighted by Gasteiger charge is 2.66. The van der Waals surface area contributed by atoms with E-state index >= 15 is 0 Å². The molecular formula is C12H10F3N5O4. The van der Waals surface area contributed by atoms with Crippen LogP contribution in [0.4, 0.5) is 19.0 Å². The van der Waals surface area contributed by atoms with Gasteiger partial charge in [-0.05, 0) is 0 Å². The molecule has 0 radical (unpaired) electrons. The fourth-order valence-electron chi connectivity index (χ4n) is 2.49. The van der Waals surface area contributed by atoms with Gasteiger partial charge in [0.05, 0.1) is 6.33 Å². The number of H-pyrrole nitrogens is 2. The third-order valence-corrected chi connectivity index (χ3v) is 3.69. The maximum Gasteiger partial charge on any atom is 0.431 e. The van der Waals surface area contributed by atoms with E-state index in [4.69, 9.17) is 0 Å². The summed E-state index contributed by atoms with van der Waals surface area (Å²) >= 11 is 0. The molecule has 0 fully saturated rings. The van der Waals surface area contributed by atoms with Crippen molar-refractivity contribution in [3.05, 3.63) is 44.6 Å². The molecule has 1 atom stereocenters. The monoisotopic (exact) mass is 345 g/mol. The Morgan fingerprint density at radius 2 is 2.00 bits per heavy atom. The number of carbonyl (C=O) groups is 1. The summed E-state index contributed by atoms with van der Waals surface area (Å²) < 4.78 is 40.1. The predicted molar refractivity (Wildman–Crippen MR) is 72.2 cm³/mol. The number of alkyl halides is 3. The molecule has 12 heteroatoms. The third-order valence-electron chi connectivity index (χ3n) is 3.69. The molecule has 1 aliphatic heterocycles. The van der Waals surface area contributed by atoms with E-state index in [9.17, 15) is 32.7 Å². The van der Waals surface area contributed by atoms with Gasteiger partial charge in [0.2, 0.25) is 0 Å². The average molecular weight is 345 g/mol. The van der Waals surface area contributed by atoms with Gasteiger partial charge < -0.3 is 15.4 Å². The van der Waals surface area contributed by atoms with Gasteiger partial charge in [0.15, 0.2) is 0 Å². The van der Waals surface area contributed by atoms with E-state index in [1.54, 1.807) is 10.3 Å². The van der Waals surface area contributed by atoms with Crippen LogP contribution < -0.4 is 16.6 Å². The van der Waals surface area contributed by atoms with Crippen molar-refractivity contribution in [2.45, 2.75) is 24.7 Å². The predicted octanol–water partition coefficient (Wildman–Crippen LogP) is -0.796. The van der Waals surface area contributed by atoms with Gasteiger partial charge in [-0.2, -0.15) is 13.2 Å². The van der Waals surface area contributed by atoms with E-state index in [0.717, 1.165) is 4.57 Å². The maximum absolute atomic E-state index is 13.1. The lowest BCUT2D eigenvalue weighted by molar-refractivity contribution is -0.252. The smallest absolute Gasteiger partial charge is 0.368 e. The first-order valence-electron chi connectivity index (χ1n) is 6.61. The Morgan fingerprint density at radius 1 is 1.29 bits per heavy atom. The Bertz CT molecular complexity index is 914. The molecule has 1 amide bonds. The first-order chi connectivity index (χ1) is 11.2. The van der Waals surface area contributed by atoms with E-state index < -0.39 is 40.3 Å². The van der Waals surface area contributed by atoms with Crippen LogP contribution in [0.25, 0.3) is 0 Å². The summed E-state index contributed by atoms with van der Waals surface area (Å²) in [6.45, 7) is -0.158. The number of carbonyl (C=O) groups excluding carboxylic acids is 1. The molecular weight excluding hydrogens is 335 g/mol. The van der Waals surface area contributed by atoms with Gasteiger partial charge in [0.25, 0.3) is 17.1 Å². The maximum atomic E-state index is 13.1. The molecule has 0 saturated carbocycles. The van der Waals surface area contributed by atoms with Gasteiger partial charge in [-0.25, -0.2) is 9.78 Å². The van der Waals surface area contributed by atoms with Gasteiger partial charge in [0.1, 0.15) is 11.4 Å². The van der Waals surface area contributed by atoms with Crippen LogP contribution in [-0.4, -0.2) is 36.7 Å². The number of aromatic amines is 2. The number of aryl methyl sites for hydroxylation is 1. The van der Waals surface area contributed by atoms with E-state index in [-0.39, 0.29) is 13.0 Å². The third kappa shape index (κ3) is 2.14. The van der Waals surface area contributed by atoms with Crippen LogP contribution in [0.1, 0.15) is 11.3 Å². The van der Waals surface area contributed by atoms with Crippen LogP contribution in [0.15, 0.2) is 22.1 Å². The number of aliphatic hydroxyl groups is 1. The fourth-order valence-corrected chi connectivity index (χ4v) is 2.49. The lowest BCUT2D eigenvalue weighted by Crippen LogP contribution is -2.50. The zero-order valence-corrected chi connectivity index (χ0v) is 11.8. The van der Waals surface area contributed by atoms with Crippen LogP contribution in [0.3, 0.4) is 0 Å². The Morgan fingerprint density at radius 3 is 2.58 bits per heavy atom. The van der Waals surface area contributed by atoms with Crippen molar-refractivity contribution in [3.63, 3.8) is 0 Å². The molecule has 1 aliphatic rings. The van der Waals surface area contributed by atoms with Gasteiger partial charge in [-0.1, -0.05) is 0 Å².